The smallest absolute Gasteiger partial charge is 0.292 e. The number of carbonyl (C=O) groups excluding carboxylic acids is 1. The second-order valence-corrected chi connectivity index (χ2v) is 6.28. The zero-order valence-corrected chi connectivity index (χ0v) is 15.2. The van der Waals surface area contributed by atoms with Crippen LogP contribution in [0.5, 0.6) is 0 Å². The summed E-state index contributed by atoms with van der Waals surface area (Å²) in [5, 5.41) is 7.04. The molecule has 2 aromatic rings. The summed E-state index contributed by atoms with van der Waals surface area (Å²) in [5.41, 5.74) is 2.79. The lowest BCUT2D eigenvalue weighted by Crippen LogP contribution is -2.41. The summed E-state index contributed by atoms with van der Waals surface area (Å²) in [6, 6.07) is 7.78. The molecule has 1 fully saturated rings. The van der Waals surface area contributed by atoms with Gasteiger partial charge in [0.1, 0.15) is 5.69 Å². The number of amides is 1. The first kappa shape index (κ1) is 18.1. The van der Waals surface area contributed by atoms with Gasteiger partial charge in [-0.05, 0) is 25.0 Å². The first-order valence-corrected chi connectivity index (χ1v) is 8.87. The summed E-state index contributed by atoms with van der Waals surface area (Å²) in [6.07, 6.45) is 1.82. The molecule has 1 aliphatic heterocycles. The molecule has 138 valence electrons. The maximum absolute atomic E-state index is 12.8. The monoisotopic (exact) mass is 356 g/mol. The summed E-state index contributed by atoms with van der Waals surface area (Å²) in [6.45, 7) is 6.68. The molecule has 1 saturated heterocycles. The molecule has 0 spiro atoms. The van der Waals surface area contributed by atoms with Gasteiger partial charge < -0.3 is 15.0 Å². The maximum Gasteiger partial charge on any atom is 0.292 e. The Morgan fingerprint density at radius 1 is 1.27 bits per heavy atom. The number of anilines is 2. The Bertz CT molecular complexity index is 841. The molecule has 0 saturated carbocycles. The fraction of sp³-hybridized carbons (Fsp3) is 0.421. The lowest BCUT2D eigenvalue weighted by atomic mass is 10.1. The highest BCUT2D eigenvalue weighted by molar-refractivity contribution is 5.95. The average Bonchev–Trinajstić information content (AvgIpc) is 2.65. The fourth-order valence-corrected chi connectivity index (χ4v) is 3.06. The number of carbonyl (C=O) groups is 1. The molecule has 0 bridgehead atoms. The molecule has 1 aliphatic rings. The highest BCUT2D eigenvalue weighted by Gasteiger charge is 2.21. The molecule has 7 nitrogen and oxygen atoms in total. The van der Waals surface area contributed by atoms with E-state index in [-0.39, 0.29) is 17.9 Å². The number of hydrogen-bond donors (Lipinski definition) is 1. The van der Waals surface area contributed by atoms with E-state index in [9.17, 15) is 9.59 Å². The van der Waals surface area contributed by atoms with Gasteiger partial charge in [0.15, 0.2) is 0 Å². The van der Waals surface area contributed by atoms with Gasteiger partial charge in [-0.25, -0.2) is 4.68 Å². The van der Waals surface area contributed by atoms with E-state index in [0.717, 1.165) is 11.1 Å². The van der Waals surface area contributed by atoms with E-state index < -0.39 is 0 Å². The van der Waals surface area contributed by atoms with Crippen molar-refractivity contribution in [2.75, 3.05) is 36.5 Å². The number of hydrogen-bond acceptors (Lipinski definition) is 5. The molecule has 0 radical (unpaired) electrons. The summed E-state index contributed by atoms with van der Waals surface area (Å²) < 4.78 is 6.78. The number of ether oxygens (including phenoxy) is 1. The first-order chi connectivity index (χ1) is 12.6. The number of nitrogens with zero attached hydrogens (tertiary/aromatic N) is 3. The Kier molecular flexibility index (Phi) is 5.68. The van der Waals surface area contributed by atoms with E-state index >= 15 is 0 Å². The molecule has 1 N–H and O–H groups in total. The van der Waals surface area contributed by atoms with Crippen LogP contribution in [0.25, 0.3) is 0 Å². The number of aromatic nitrogens is 2. The van der Waals surface area contributed by atoms with Crippen molar-refractivity contribution in [2.45, 2.75) is 26.8 Å². The first-order valence-electron chi connectivity index (χ1n) is 8.87. The van der Waals surface area contributed by atoms with E-state index in [1.807, 2.05) is 43.0 Å². The minimum absolute atomic E-state index is 0.163. The van der Waals surface area contributed by atoms with Gasteiger partial charge in [-0.1, -0.05) is 24.3 Å². The van der Waals surface area contributed by atoms with Crippen molar-refractivity contribution in [1.29, 1.82) is 0 Å². The third-order valence-corrected chi connectivity index (χ3v) is 4.53. The van der Waals surface area contributed by atoms with Crippen LogP contribution in [0.15, 0.2) is 35.3 Å². The molecule has 26 heavy (non-hydrogen) atoms. The van der Waals surface area contributed by atoms with Crippen molar-refractivity contribution in [3.63, 3.8) is 0 Å². The second kappa shape index (κ2) is 8.14. The Morgan fingerprint density at radius 3 is 2.69 bits per heavy atom. The third-order valence-electron chi connectivity index (χ3n) is 4.53. The van der Waals surface area contributed by atoms with Crippen LogP contribution in [0.3, 0.4) is 0 Å². The van der Waals surface area contributed by atoms with Crippen molar-refractivity contribution >= 4 is 17.3 Å². The zero-order valence-electron chi connectivity index (χ0n) is 15.2. The minimum Gasteiger partial charge on any atom is -0.378 e. The number of aryl methyl sites for hydroxylation is 2. The standard InChI is InChI=1S/C19H24N4O3/c1-3-23-19(25)18(22-8-10-26-11-9-22)16(13-20-23)21-17(24)12-15-7-5-4-6-14(15)2/h4-7,13H,3,8-12H2,1-2H3,(H,21,24). The molecule has 1 amide bonds. The van der Waals surface area contributed by atoms with Crippen molar-refractivity contribution < 1.29 is 9.53 Å². The molecule has 1 aromatic carbocycles. The van der Waals surface area contributed by atoms with Crippen molar-refractivity contribution in [3.05, 3.63) is 51.9 Å². The van der Waals surface area contributed by atoms with Crippen LogP contribution in [-0.4, -0.2) is 42.0 Å². The third kappa shape index (κ3) is 3.94. The lowest BCUT2D eigenvalue weighted by Gasteiger charge is -2.29. The molecule has 7 heteroatoms. The number of nitrogens with one attached hydrogen (secondary N) is 1. The van der Waals surface area contributed by atoms with Crippen molar-refractivity contribution in [3.8, 4) is 0 Å². The highest BCUT2D eigenvalue weighted by Crippen LogP contribution is 2.22. The summed E-state index contributed by atoms with van der Waals surface area (Å²) in [5.74, 6) is -0.163. The molecule has 0 unspecified atom stereocenters. The van der Waals surface area contributed by atoms with Gasteiger partial charge >= 0.3 is 0 Å². The summed E-state index contributed by atoms with van der Waals surface area (Å²) in [4.78, 5) is 27.3. The molecular formula is C19H24N4O3. The van der Waals surface area contributed by atoms with Gasteiger partial charge in [-0.15, -0.1) is 0 Å². The van der Waals surface area contributed by atoms with E-state index in [0.29, 0.717) is 44.2 Å². The topological polar surface area (TPSA) is 76.5 Å². The van der Waals surface area contributed by atoms with E-state index in [2.05, 4.69) is 10.4 Å². The van der Waals surface area contributed by atoms with Crippen LogP contribution in [0.1, 0.15) is 18.1 Å². The largest absolute Gasteiger partial charge is 0.378 e. The van der Waals surface area contributed by atoms with Crippen molar-refractivity contribution in [2.24, 2.45) is 0 Å². The zero-order chi connectivity index (χ0) is 18.5. The minimum atomic E-state index is -0.192. The Labute approximate surface area is 152 Å². The van der Waals surface area contributed by atoms with Crippen LogP contribution in [0, 0.1) is 6.92 Å². The van der Waals surface area contributed by atoms with Crippen LogP contribution < -0.4 is 15.8 Å². The van der Waals surface area contributed by atoms with Gasteiger partial charge in [-0.3, -0.25) is 9.59 Å². The van der Waals surface area contributed by atoms with Crippen LogP contribution in [-0.2, 0) is 22.5 Å². The van der Waals surface area contributed by atoms with Gasteiger partial charge in [0.2, 0.25) is 5.91 Å². The average molecular weight is 356 g/mol. The molecule has 1 aromatic heterocycles. The summed E-state index contributed by atoms with van der Waals surface area (Å²) >= 11 is 0. The fourth-order valence-electron chi connectivity index (χ4n) is 3.06. The Morgan fingerprint density at radius 2 is 2.00 bits per heavy atom. The summed E-state index contributed by atoms with van der Waals surface area (Å²) in [7, 11) is 0. The highest BCUT2D eigenvalue weighted by atomic mass is 16.5. The number of benzene rings is 1. The van der Waals surface area contributed by atoms with Crippen LogP contribution >= 0.6 is 0 Å². The normalized spacial score (nSPS) is 14.3. The Balaban J connectivity index is 1.86. The van der Waals surface area contributed by atoms with E-state index in [1.54, 1.807) is 6.20 Å². The van der Waals surface area contributed by atoms with Gasteiger partial charge in [0.25, 0.3) is 5.56 Å². The van der Waals surface area contributed by atoms with Crippen LogP contribution in [0.4, 0.5) is 11.4 Å². The molecular weight excluding hydrogens is 332 g/mol. The maximum atomic E-state index is 12.8. The van der Waals surface area contributed by atoms with Gasteiger partial charge in [0.05, 0.1) is 31.5 Å². The van der Waals surface area contributed by atoms with E-state index in [1.165, 1.54) is 4.68 Å². The number of rotatable bonds is 5. The molecule has 0 aliphatic carbocycles. The predicted octanol–water partition coefficient (Wildman–Crippen LogP) is 1.59. The molecule has 0 atom stereocenters. The Hall–Kier alpha value is -2.67. The quantitative estimate of drug-likeness (QED) is 0.880. The van der Waals surface area contributed by atoms with Crippen LogP contribution in [0.2, 0.25) is 0 Å². The molecule has 3 rings (SSSR count). The predicted molar refractivity (Wildman–Crippen MR) is 101 cm³/mol. The number of morpholine rings is 1. The van der Waals surface area contributed by atoms with Gasteiger partial charge in [0, 0.05) is 19.6 Å². The van der Waals surface area contributed by atoms with Crippen molar-refractivity contribution in [1.82, 2.24) is 9.78 Å². The second-order valence-electron chi connectivity index (χ2n) is 6.28. The lowest BCUT2D eigenvalue weighted by molar-refractivity contribution is -0.115. The SMILES string of the molecule is CCn1ncc(NC(=O)Cc2ccccc2C)c(N2CCOCC2)c1=O. The van der Waals surface area contributed by atoms with Gasteiger partial charge in [-0.2, -0.15) is 5.10 Å². The molecule has 2 heterocycles. The van der Waals surface area contributed by atoms with E-state index in [4.69, 9.17) is 4.74 Å².